The predicted octanol–water partition coefficient (Wildman–Crippen LogP) is 0.371. The van der Waals surface area contributed by atoms with E-state index in [1.807, 2.05) is 48.5 Å². The van der Waals surface area contributed by atoms with Gasteiger partial charge in [-0.1, -0.05) is 36.4 Å². The molecule has 30 heavy (non-hydrogen) atoms. The van der Waals surface area contributed by atoms with E-state index in [0.29, 0.717) is 19.4 Å². The number of aromatic nitrogens is 1. The van der Waals surface area contributed by atoms with Gasteiger partial charge in [-0.2, -0.15) is 0 Å². The summed E-state index contributed by atoms with van der Waals surface area (Å²) in [6.07, 6.45) is 2.64. The van der Waals surface area contributed by atoms with Gasteiger partial charge in [0.05, 0.1) is 6.61 Å². The van der Waals surface area contributed by atoms with Gasteiger partial charge in [-0.25, -0.2) is 0 Å². The second kappa shape index (κ2) is 10.5. The maximum atomic E-state index is 12.8. The van der Waals surface area contributed by atoms with E-state index < -0.39 is 30.0 Å². The van der Waals surface area contributed by atoms with E-state index in [0.717, 1.165) is 11.3 Å². The third kappa shape index (κ3) is 6.12. The Bertz CT molecular complexity index is 860. The summed E-state index contributed by atoms with van der Waals surface area (Å²) in [5.41, 5.74) is 1.80. The Morgan fingerprint density at radius 2 is 1.87 bits per heavy atom. The molecule has 158 valence electrons. The molecule has 3 atom stereocenters. The minimum Gasteiger partial charge on any atom is -0.465 e. The van der Waals surface area contributed by atoms with Crippen molar-refractivity contribution in [3.05, 3.63) is 66.0 Å². The fourth-order valence-corrected chi connectivity index (χ4v) is 3.10. The Kier molecular flexibility index (Phi) is 7.51. The molecule has 8 nitrogen and oxygen atoms in total. The number of pyridine rings is 1. The molecule has 0 spiro atoms. The first-order valence-electron chi connectivity index (χ1n) is 10.0. The number of ether oxygens (including phenoxy) is 1. The number of esters is 1. The van der Waals surface area contributed by atoms with Gasteiger partial charge in [0.1, 0.15) is 18.1 Å². The molecule has 8 heteroatoms. The summed E-state index contributed by atoms with van der Waals surface area (Å²) in [5, 5.41) is 8.43. The topological polar surface area (TPSA) is 119 Å². The molecule has 1 aromatic carbocycles. The van der Waals surface area contributed by atoms with Crippen molar-refractivity contribution in [3.63, 3.8) is 0 Å². The van der Waals surface area contributed by atoms with E-state index in [4.69, 9.17) is 4.74 Å². The van der Waals surface area contributed by atoms with Gasteiger partial charge < -0.3 is 15.4 Å². The van der Waals surface area contributed by atoms with E-state index >= 15 is 0 Å². The van der Waals surface area contributed by atoms with E-state index in [1.165, 1.54) is 0 Å². The van der Waals surface area contributed by atoms with Crippen LogP contribution in [0.4, 0.5) is 0 Å². The molecule has 2 amide bonds. The predicted molar refractivity (Wildman–Crippen MR) is 110 cm³/mol. The molecule has 1 aliphatic heterocycles. The first-order chi connectivity index (χ1) is 14.6. The third-order valence-corrected chi connectivity index (χ3v) is 4.73. The number of benzene rings is 1. The highest BCUT2D eigenvalue weighted by atomic mass is 16.5. The van der Waals surface area contributed by atoms with Gasteiger partial charge in [-0.3, -0.25) is 24.7 Å². The van der Waals surface area contributed by atoms with Crippen molar-refractivity contribution >= 4 is 17.8 Å². The summed E-state index contributed by atoms with van der Waals surface area (Å²) >= 11 is 0. The number of hydrogen-bond acceptors (Lipinski definition) is 6. The number of amides is 2. The molecule has 1 fully saturated rings. The molecule has 0 unspecified atom stereocenters. The quantitative estimate of drug-likeness (QED) is 0.385. The fraction of sp³-hybridized carbons (Fsp3) is 0.364. The van der Waals surface area contributed by atoms with E-state index in [-0.39, 0.29) is 12.5 Å². The highest BCUT2D eigenvalue weighted by Crippen LogP contribution is 2.14. The maximum absolute atomic E-state index is 12.8. The normalized spacial score (nSPS) is 18.2. The SMILES string of the molecule is CCOC(=O)[C@H]1N[C@@H]1C(=O)N[C@@H](Cc1ccccc1)C(=O)NCCc1ccccn1. The average molecular weight is 410 g/mol. The number of nitrogens with one attached hydrogen (secondary N) is 3. The summed E-state index contributed by atoms with van der Waals surface area (Å²) < 4.78 is 4.92. The van der Waals surface area contributed by atoms with E-state index in [2.05, 4.69) is 20.9 Å². The van der Waals surface area contributed by atoms with Crippen molar-refractivity contribution in [2.75, 3.05) is 13.2 Å². The second-order valence-electron chi connectivity index (χ2n) is 6.99. The molecule has 1 aromatic heterocycles. The van der Waals surface area contributed by atoms with Gasteiger partial charge in [0.15, 0.2) is 0 Å². The molecule has 3 N–H and O–H groups in total. The van der Waals surface area contributed by atoms with Crippen molar-refractivity contribution in [1.82, 2.24) is 20.9 Å². The van der Waals surface area contributed by atoms with Crippen LogP contribution in [-0.4, -0.2) is 54.0 Å². The monoisotopic (exact) mass is 410 g/mol. The maximum Gasteiger partial charge on any atom is 0.325 e. The Hall–Kier alpha value is -3.26. The Morgan fingerprint density at radius 3 is 2.57 bits per heavy atom. The zero-order chi connectivity index (χ0) is 21.3. The van der Waals surface area contributed by atoms with Crippen molar-refractivity contribution in [1.29, 1.82) is 0 Å². The Balaban J connectivity index is 1.58. The van der Waals surface area contributed by atoms with E-state index in [1.54, 1.807) is 13.1 Å². The molecule has 1 aliphatic rings. The number of carbonyl (C=O) groups excluding carboxylic acids is 3. The van der Waals surface area contributed by atoms with Crippen LogP contribution in [0.2, 0.25) is 0 Å². The smallest absolute Gasteiger partial charge is 0.325 e. The van der Waals surface area contributed by atoms with Crippen LogP contribution in [0.15, 0.2) is 54.7 Å². The summed E-state index contributed by atoms with van der Waals surface area (Å²) in [7, 11) is 0. The zero-order valence-electron chi connectivity index (χ0n) is 16.8. The number of rotatable bonds is 10. The lowest BCUT2D eigenvalue weighted by molar-refractivity contribution is -0.143. The van der Waals surface area contributed by atoms with Crippen LogP contribution in [0, 0.1) is 0 Å². The molecule has 0 bridgehead atoms. The van der Waals surface area contributed by atoms with Gasteiger partial charge in [0, 0.05) is 31.3 Å². The second-order valence-corrected chi connectivity index (χ2v) is 6.99. The van der Waals surface area contributed by atoms with Gasteiger partial charge in [0.25, 0.3) is 0 Å². The van der Waals surface area contributed by atoms with Crippen LogP contribution >= 0.6 is 0 Å². The first-order valence-corrected chi connectivity index (χ1v) is 10.0. The van der Waals surface area contributed by atoms with Crippen LogP contribution in [0.25, 0.3) is 0 Å². The third-order valence-electron chi connectivity index (χ3n) is 4.73. The van der Waals surface area contributed by atoms with Crippen molar-refractivity contribution in [2.45, 2.75) is 37.9 Å². The van der Waals surface area contributed by atoms with Crippen molar-refractivity contribution < 1.29 is 19.1 Å². The molecule has 1 saturated heterocycles. The molecular formula is C22H26N4O4. The van der Waals surface area contributed by atoms with Gasteiger partial charge in [0.2, 0.25) is 11.8 Å². The highest BCUT2D eigenvalue weighted by molar-refractivity contribution is 5.97. The molecule has 3 rings (SSSR count). The number of carbonyl (C=O) groups is 3. The van der Waals surface area contributed by atoms with E-state index in [9.17, 15) is 14.4 Å². The highest BCUT2D eigenvalue weighted by Gasteiger charge is 2.49. The van der Waals surface area contributed by atoms with Crippen LogP contribution < -0.4 is 16.0 Å². The number of nitrogens with zero attached hydrogens (tertiary/aromatic N) is 1. The van der Waals surface area contributed by atoms with Crippen molar-refractivity contribution in [2.24, 2.45) is 0 Å². The Labute approximate surface area is 175 Å². The molecule has 0 radical (unpaired) electrons. The zero-order valence-corrected chi connectivity index (χ0v) is 16.8. The van der Waals surface area contributed by atoms with Crippen LogP contribution in [0.1, 0.15) is 18.2 Å². The lowest BCUT2D eigenvalue weighted by Crippen LogP contribution is -2.50. The molecule has 2 heterocycles. The van der Waals surface area contributed by atoms with Gasteiger partial charge in [-0.15, -0.1) is 0 Å². The summed E-state index contributed by atoms with van der Waals surface area (Å²) in [4.78, 5) is 41.3. The van der Waals surface area contributed by atoms with Crippen LogP contribution in [-0.2, 0) is 32.0 Å². The van der Waals surface area contributed by atoms with Gasteiger partial charge in [-0.05, 0) is 24.6 Å². The molecule has 0 aliphatic carbocycles. The van der Waals surface area contributed by atoms with Crippen molar-refractivity contribution in [3.8, 4) is 0 Å². The minimum absolute atomic E-state index is 0.251. The summed E-state index contributed by atoms with van der Waals surface area (Å²) in [6, 6.07) is 13.0. The average Bonchev–Trinajstić information content (AvgIpc) is 3.56. The summed E-state index contributed by atoms with van der Waals surface area (Å²) in [6.45, 7) is 2.37. The van der Waals surface area contributed by atoms with Gasteiger partial charge >= 0.3 is 5.97 Å². The lowest BCUT2D eigenvalue weighted by atomic mass is 10.0. The number of hydrogen-bond donors (Lipinski definition) is 3. The molecular weight excluding hydrogens is 384 g/mol. The summed E-state index contributed by atoms with van der Waals surface area (Å²) in [5.74, 6) is -1.14. The molecule has 2 aromatic rings. The fourth-order valence-electron chi connectivity index (χ4n) is 3.10. The first kappa shape index (κ1) is 21.4. The Morgan fingerprint density at radius 1 is 1.10 bits per heavy atom. The van der Waals surface area contributed by atoms with Crippen LogP contribution in [0.3, 0.4) is 0 Å². The lowest BCUT2D eigenvalue weighted by Gasteiger charge is -2.18. The standard InChI is InChI=1S/C22H26N4O4/c1-2-30-22(29)19-18(26-19)21(28)25-17(14-15-8-4-3-5-9-15)20(27)24-13-11-16-10-6-7-12-23-16/h3-10,12,17-19,26H,2,11,13-14H2,1H3,(H,24,27)(H,25,28)/t17-,18-,19-/m0/s1. The molecule has 0 saturated carbocycles. The largest absolute Gasteiger partial charge is 0.465 e. The minimum atomic E-state index is -0.756. The van der Waals surface area contributed by atoms with Crippen LogP contribution in [0.5, 0.6) is 0 Å².